The standard InChI is InChI=1S/C16H16Cl2N4/c1-9(6-10-2-3-11(17)7-13(10)18)20-16-21-14-5-4-12(19)8-15(14)22-16/h2-5,7-9H,6,19H2,1H3,(H2,20,21,22). The number of imidazole rings is 1. The van der Waals surface area contributed by atoms with Crippen molar-refractivity contribution >= 4 is 45.9 Å². The van der Waals surface area contributed by atoms with Crippen molar-refractivity contribution in [2.45, 2.75) is 19.4 Å². The number of nitrogens with zero attached hydrogens (tertiary/aromatic N) is 1. The molecule has 4 N–H and O–H groups in total. The molecule has 0 radical (unpaired) electrons. The highest BCUT2D eigenvalue weighted by molar-refractivity contribution is 6.35. The number of hydrogen-bond donors (Lipinski definition) is 3. The Morgan fingerprint density at radius 1 is 1.23 bits per heavy atom. The lowest BCUT2D eigenvalue weighted by atomic mass is 10.1. The maximum absolute atomic E-state index is 6.21. The van der Waals surface area contributed by atoms with Crippen LogP contribution in [0.3, 0.4) is 0 Å². The van der Waals surface area contributed by atoms with Gasteiger partial charge in [0.15, 0.2) is 0 Å². The molecular weight excluding hydrogens is 319 g/mol. The third-order valence-corrected chi connectivity index (χ3v) is 4.02. The zero-order valence-electron chi connectivity index (χ0n) is 12.0. The van der Waals surface area contributed by atoms with Gasteiger partial charge >= 0.3 is 0 Å². The Kier molecular flexibility index (Phi) is 4.14. The van der Waals surface area contributed by atoms with Gasteiger partial charge in [0.2, 0.25) is 5.95 Å². The summed E-state index contributed by atoms with van der Waals surface area (Å²) < 4.78 is 0. The second kappa shape index (κ2) is 6.07. The zero-order valence-corrected chi connectivity index (χ0v) is 13.5. The molecule has 0 aliphatic carbocycles. The van der Waals surface area contributed by atoms with Crippen LogP contribution >= 0.6 is 23.2 Å². The number of nitrogens with two attached hydrogens (primary N) is 1. The van der Waals surface area contributed by atoms with Crippen molar-refractivity contribution in [3.05, 3.63) is 52.0 Å². The van der Waals surface area contributed by atoms with Crippen molar-refractivity contribution in [3.63, 3.8) is 0 Å². The lowest BCUT2D eigenvalue weighted by molar-refractivity contribution is 0.781. The number of aromatic amines is 1. The van der Waals surface area contributed by atoms with Crippen molar-refractivity contribution in [2.24, 2.45) is 0 Å². The molecule has 0 saturated carbocycles. The van der Waals surface area contributed by atoms with E-state index in [2.05, 4.69) is 22.2 Å². The summed E-state index contributed by atoms with van der Waals surface area (Å²) in [5.41, 5.74) is 9.33. The van der Waals surface area contributed by atoms with Crippen molar-refractivity contribution < 1.29 is 0 Å². The summed E-state index contributed by atoms with van der Waals surface area (Å²) in [5, 5.41) is 4.66. The highest BCUT2D eigenvalue weighted by atomic mass is 35.5. The van der Waals surface area contributed by atoms with Gasteiger partial charge in [0.1, 0.15) is 0 Å². The molecule has 0 amide bonds. The SMILES string of the molecule is CC(Cc1ccc(Cl)cc1Cl)Nc1nc2ccc(N)cc2[nH]1. The molecule has 6 heteroatoms. The van der Waals surface area contributed by atoms with E-state index in [1.807, 2.05) is 30.3 Å². The van der Waals surface area contributed by atoms with Crippen LogP contribution in [-0.4, -0.2) is 16.0 Å². The summed E-state index contributed by atoms with van der Waals surface area (Å²) in [6.07, 6.45) is 0.773. The smallest absolute Gasteiger partial charge is 0.201 e. The Morgan fingerprint density at radius 3 is 2.82 bits per heavy atom. The highest BCUT2D eigenvalue weighted by Gasteiger charge is 2.10. The molecule has 0 saturated heterocycles. The van der Waals surface area contributed by atoms with Gasteiger partial charge in [-0.25, -0.2) is 4.98 Å². The number of hydrogen-bond acceptors (Lipinski definition) is 3. The maximum Gasteiger partial charge on any atom is 0.201 e. The average molecular weight is 335 g/mol. The van der Waals surface area contributed by atoms with Gasteiger partial charge in [-0.15, -0.1) is 0 Å². The third kappa shape index (κ3) is 3.29. The number of benzene rings is 2. The van der Waals surface area contributed by atoms with E-state index in [0.717, 1.165) is 29.0 Å². The predicted octanol–water partition coefficient (Wildman–Crippen LogP) is 4.50. The quantitative estimate of drug-likeness (QED) is 0.615. The van der Waals surface area contributed by atoms with Crippen LogP contribution in [-0.2, 0) is 6.42 Å². The second-order valence-corrected chi connectivity index (χ2v) is 6.19. The largest absolute Gasteiger partial charge is 0.399 e. The van der Waals surface area contributed by atoms with Crippen LogP contribution in [0.5, 0.6) is 0 Å². The summed E-state index contributed by atoms with van der Waals surface area (Å²) in [6.45, 7) is 2.08. The van der Waals surface area contributed by atoms with Crippen LogP contribution < -0.4 is 11.1 Å². The zero-order chi connectivity index (χ0) is 15.7. The Hall–Kier alpha value is -1.91. The summed E-state index contributed by atoms with van der Waals surface area (Å²) in [4.78, 5) is 7.72. The van der Waals surface area contributed by atoms with Gasteiger partial charge < -0.3 is 16.0 Å². The van der Waals surface area contributed by atoms with E-state index in [9.17, 15) is 0 Å². The van der Waals surface area contributed by atoms with Crippen LogP contribution in [0.1, 0.15) is 12.5 Å². The molecule has 0 bridgehead atoms. The van der Waals surface area contributed by atoms with E-state index >= 15 is 0 Å². The lowest BCUT2D eigenvalue weighted by Crippen LogP contribution is -2.19. The van der Waals surface area contributed by atoms with Crippen LogP contribution in [0.25, 0.3) is 11.0 Å². The van der Waals surface area contributed by atoms with Crippen LogP contribution in [0.2, 0.25) is 10.0 Å². The number of nitrogens with one attached hydrogen (secondary N) is 2. The molecule has 1 aromatic heterocycles. The van der Waals surface area contributed by atoms with Gasteiger partial charge in [0.05, 0.1) is 11.0 Å². The summed E-state index contributed by atoms with van der Waals surface area (Å²) >= 11 is 12.1. The fraction of sp³-hybridized carbons (Fsp3) is 0.188. The van der Waals surface area contributed by atoms with Gasteiger partial charge in [-0.1, -0.05) is 29.3 Å². The van der Waals surface area contributed by atoms with Gasteiger partial charge in [-0.05, 0) is 49.2 Å². The van der Waals surface area contributed by atoms with Crippen molar-refractivity contribution in [2.75, 3.05) is 11.1 Å². The molecular formula is C16H16Cl2N4. The Balaban J connectivity index is 1.73. The second-order valence-electron chi connectivity index (χ2n) is 5.35. The van der Waals surface area contributed by atoms with Gasteiger partial charge in [0.25, 0.3) is 0 Å². The first-order valence-corrected chi connectivity index (χ1v) is 7.72. The first-order chi connectivity index (χ1) is 10.5. The number of H-pyrrole nitrogens is 1. The first-order valence-electron chi connectivity index (χ1n) is 6.97. The number of nitrogen functional groups attached to an aromatic ring is 1. The predicted molar refractivity (Wildman–Crippen MR) is 93.8 cm³/mol. The third-order valence-electron chi connectivity index (χ3n) is 3.43. The fourth-order valence-corrected chi connectivity index (χ4v) is 2.88. The van der Waals surface area contributed by atoms with E-state index < -0.39 is 0 Å². The molecule has 22 heavy (non-hydrogen) atoms. The molecule has 1 heterocycles. The molecule has 0 fully saturated rings. The highest BCUT2D eigenvalue weighted by Crippen LogP contribution is 2.23. The molecule has 3 aromatic rings. The number of halogens is 2. The molecule has 1 atom stereocenters. The maximum atomic E-state index is 6.21. The van der Waals surface area contributed by atoms with E-state index in [-0.39, 0.29) is 6.04 Å². The molecule has 0 aliphatic rings. The topological polar surface area (TPSA) is 66.7 Å². The number of rotatable bonds is 4. The normalized spacial score (nSPS) is 12.5. The van der Waals surface area contributed by atoms with Crippen LogP contribution in [0.15, 0.2) is 36.4 Å². The van der Waals surface area contributed by atoms with Crippen molar-refractivity contribution in [3.8, 4) is 0 Å². The molecule has 0 spiro atoms. The van der Waals surface area contributed by atoms with Gasteiger partial charge in [-0.3, -0.25) is 0 Å². The number of aromatic nitrogens is 2. The Bertz CT molecular complexity index is 813. The summed E-state index contributed by atoms with van der Waals surface area (Å²) in [6, 6.07) is 11.3. The van der Waals surface area contributed by atoms with E-state index in [1.54, 1.807) is 6.07 Å². The van der Waals surface area contributed by atoms with Crippen LogP contribution in [0, 0.1) is 0 Å². The number of anilines is 2. The average Bonchev–Trinajstić information content (AvgIpc) is 2.83. The minimum Gasteiger partial charge on any atom is -0.399 e. The van der Waals surface area contributed by atoms with Gasteiger partial charge in [0, 0.05) is 21.8 Å². The fourth-order valence-electron chi connectivity index (χ4n) is 2.40. The molecule has 4 nitrogen and oxygen atoms in total. The van der Waals surface area contributed by atoms with Crippen molar-refractivity contribution in [1.82, 2.24) is 9.97 Å². The minimum absolute atomic E-state index is 0.164. The van der Waals surface area contributed by atoms with E-state index in [4.69, 9.17) is 28.9 Å². The summed E-state index contributed by atoms with van der Waals surface area (Å²) in [7, 11) is 0. The van der Waals surface area contributed by atoms with Gasteiger partial charge in [-0.2, -0.15) is 0 Å². The molecule has 1 unspecified atom stereocenters. The summed E-state index contributed by atoms with van der Waals surface area (Å²) in [5.74, 6) is 0.721. The van der Waals surface area contributed by atoms with Crippen molar-refractivity contribution in [1.29, 1.82) is 0 Å². The van der Waals surface area contributed by atoms with E-state index in [0.29, 0.717) is 15.7 Å². The molecule has 3 rings (SSSR count). The Labute approximate surface area is 138 Å². The number of fused-ring (bicyclic) bond motifs is 1. The first kappa shape index (κ1) is 15.0. The molecule has 114 valence electrons. The monoisotopic (exact) mass is 334 g/mol. The molecule has 0 aliphatic heterocycles. The van der Waals surface area contributed by atoms with E-state index in [1.165, 1.54) is 0 Å². The Morgan fingerprint density at radius 2 is 2.05 bits per heavy atom. The van der Waals surface area contributed by atoms with Crippen LogP contribution in [0.4, 0.5) is 11.6 Å². The molecule has 2 aromatic carbocycles. The lowest BCUT2D eigenvalue weighted by Gasteiger charge is -2.14. The minimum atomic E-state index is 0.164.